The Kier molecular flexibility index (Phi) is 38.1. The van der Waals surface area contributed by atoms with Gasteiger partial charge in [0, 0.05) is 19.4 Å². The molecule has 0 aromatic heterocycles. The predicted molar refractivity (Wildman–Crippen MR) is 220 cm³/mol. The highest BCUT2D eigenvalue weighted by Gasteiger charge is 2.26. The maximum absolute atomic E-state index is 12.6. The fraction of sp³-hybridized carbons (Fsp3) is 0.767. The number of nitrogens with two attached hydrogens (primary N) is 1. The van der Waals surface area contributed by atoms with E-state index in [1.54, 1.807) is 0 Å². The lowest BCUT2D eigenvalue weighted by atomic mass is 10.0. The lowest BCUT2D eigenvalue weighted by Gasteiger charge is -2.19. The van der Waals surface area contributed by atoms with Gasteiger partial charge in [-0.2, -0.15) is 0 Å². The number of ether oxygens (including phenoxy) is 2. The molecule has 308 valence electrons. The second-order valence-corrected chi connectivity index (χ2v) is 15.3. The van der Waals surface area contributed by atoms with Gasteiger partial charge in [0.25, 0.3) is 0 Å². The Morgan fingerprint density at radius 3 is 1.53 bits per heavy atom. The zero-order chi connectivity index (χ0) is 38.9. The van der Waals surface area contributed by atoms with E-state index in [9.17, 15) is 19.0 Å². The highest BCUT2D eigenvalue weighted by molar-refractivity contribution is 7.47. The Labute approximate surface area is 324 Å². The van der Waals surface area contributed by atoms with Gasteiger partial charge in [0.05, 0.1) is 13.2 Å². The van der Waals surface area contributed by atoms with Gasteiger partial charge < -0.3 is 20.1 Å². The molecule has 1 unspecified atom stereocenters. The van der Waals surface area contributed by atoms with Crippen molar-refractivity contribution in [1.29, 1.82) is 0 Å². The van der Waals surface area contributed by atoms with Crippen LogP contribution in [-0.4, -0.2) is 49.3 Å². The molecule has 0 saturated heterocycles. The van der Waals surface area contributed by atoms with E-state index in [2.05, 4.69) is 62.5 Å². The van der Waals surface area contributed by atoms with Crippen molar-refractivity contribution in [3.8, 4) is 0 Å². The van der Waals surface area contributed by atoms with Crippen LogP contribution >= 0.6 is 7.82 Å². The number of hydrogen-bond donors (Lipinski definition) is 2. The number of allylic oxidation sites excluding steroid dienone is 8. The number of hydrogen-bond acceptors (Lipinski definition) is 8. The van der Waals surface area contributed by atoms with Crippen molar-refractivity contribution < 1.29 is 37.6 Å². The van der Waals surface area contributed by atoms with Gasteiger partial charge in [0.1, 0.15) is 6.61 Å². The lowest BCUT2D eigenvalue weighted by Crippen LogP contribution is -2.29. The Morgan fingerprint density at radius 2 is 1.02 bits per heavy atom. The van der Waals surface area contributed by atoms with Crippen molar-refractivity contribution in [3.05, 3.63) is 48.6 Å². The highest BCUT2D eigenvalue weighted by atomic mass is 31.2. The van der Waals surface area contributed by atoms with Crippen LogP contribution in [0.2, 0.25) is 0 Å². The molecule has 9 nitrogen and oxygen atoms in total. The summed E-state index contributed by atoms with van der Waals surface area (Å²) in [6.07, 6.45) is 44.2. The molecular weight excluding hydrogens is 689 g/mol. The highest BCUT2D eigenvalue weighted by Crippen LogP contribution is 2.43. The first kappa shape index (κ1) is 51.0. The Balaban J connectivity index is 4.22. The zero-order valence-corrected chi connectivity index (χ0v) is 34.6. The minimum Gasteiger partial charge on any atom is -0.462 e. The van der Waals surface area contributed by atoms with Gasteiger partial charge in [0.15, 0.2) is 6.10 Å². The van der Waals surface area contributed by atoms with Crippen molar-refractivity contribution >= 4 is 19.8 Å². The van der Waals surface area contributed by atoms with Crippen LogP contribution < -0.4 is 5.73 Å². The minimum absolute atomic E-state index is 0.0483. The average molecular weight is 768 g/mol. The predicted octanol–water partition coefficient (Wildman–Crippen LogP) is 11.9. The molecule has 0 rings (SSSR count). The quantitative estimate of drug-likeness (QED) is 0.0271. The van der Waals surface area contributed by atoms with Gasteiger partial charge >= 0.3 is 19.8 Å². The van der Waals surface area contributed by atoms with Crippen LogP contribution in [0.5, 0.6) is 0 Å². The van der Waals surface area contributed by atoms with Crippen LogP contribution in [-0.2, 0) is 32.7 Å². The van der Waals surface area contributed by atoms with Crippen molar-refractivity contribution in [1.82, 2.24) is 0 Å². The van der Waals surface area contributed by atoms with Crippen molar-refractivity contribution in [2.24, 2.45) is 5.73 Å². The second-order valence-electron chi connectivity index (χ2n) is 13.9. The smallest absolute Gasteiger partial charge is 0.462 e. The summed E-state index contributed by atoms with van der Waals surface area (Å²) in [5, 5.41) is 0. The summed E-state index contributed by atoms with van der Waals surface area (Å²) in [6, 6.07) is 0. The van der Waals surface area contributed by atoms with Gasteiger partial charge in [-0.25, -0.2) is 4.57 Å². The fourth-order valence-electron chi connectivity index (χ4n) is 5.57. The Hall–Kier alpha value is -2.03. The maximum Gasteiger partial charge on any atom is 0.472 e. The van der Waals surface area contributed by atoms with E-state index in [1.807, 2.05) is 0 Å². The largest absolute Gasteiger partial charge is 0.472 e. The number of carbonyl (C=O) groups excluding carboxylic acids is 2. The molecule has 0 aliphatic heterocycles. The number of rotatable bonds is 39. The molecule has 0 aromatic rings. The molecule has 0 radical (unpaired) electrons. The fourth-order valence-corrected chi connectivity index (χ4v) is 6.33. The molecule has 0 aromatic carbocycles. The summed E-state index contributed by atoms with van der Waals surface area (Å²) in [7, 11) is -4.38. The van der Waals surface area contributed by atoms with E-state index in [4.69, 9.17) is 24.3 Å². The molecule has 0 saturated carbocycles. The Bertz CT molecular complexity index is 1010. The van der Waals surface area contributed by atoms with E-state index in [0.717, 1.165) is 64.2 Å². The van der Waals surface area contributed by atoms with Crippen LogP contribution in [0.1, 0.15) is 181 Å². The molecule has 0 aliphatic carbocycles. The SMILES string of the molecule is CCC/C=C/C/C=C/C/C=C/C/C=C/CCCCCC(=O)OC[C@H](COP(=O)(O)OCCN)OC(=O)CCCCCCCCCCCCCCCCC. The number of phosphoric ester groups is 1. The number of phosphoric acid groups is 1. The topological polar surface area (TPSA) is 134 Å². The van der Waals surface area contributed by atoms with E-state index >= 15 is 0 Å². The lowest BCUT2D eigenvalue weighted by molar-refractivity contribution is -0.161. The molecular formula is C43H78NO8P. The number of esters is 2. The van der Waals surface area contributed by atoms with Gasteiger partial charge in [-0.15, -0.1) is 0 Å². The van der Waals surface area contributed by atoms with Crippen molar-refractivity contribution in [2.75, 3.05) is 26.4 Å². The summed E-state index contributed by atoms with van der Waals surface area (Å²) >= 11 is 0. The standard InChI is InChI=1S/C43H78NO8P/c1-3-5-7-9-11-13-15-17-19-20-22-23-25-27-29-31-33-35-42(45)49-39-41(40-51-53(47,48)50-38-37-44)52-43(46)36-34-32-30-28-26-24-21-18-16-14-12-10-8-6-4-2/h7,9,13,15,19-20,23,25,41H,3-6,8,10-12,14,16-18,21-22,24,26-40,44H2,1-2H3,(H,47,48)/b9-7+,15-13+,20-19+,25-23+/t41-/m1/s1. The first-order valence-corrected chi connectivity index (χ1v) is 22.6. The summed E-state index contributed by atoms with van der Waals surface area (Å²) in [5.74, 6) is -0.863. The third-order valence-electron chi connectivity index (χ3n) is 8.70. The van der Waals surface area contributed by atoms with Crippen molar-refractivity contribution in [2.45, 2.75) is 187 Å². The summed E-state index contributed by atoms with van der Waals surface area (Å²) < 4.78 is 32.7. The minimum atomic E-state index is -4.38. The molecule has 0 heterocycles. The van der Waals surface area contributed by atoms with Gasteiger partial charge in [-0.1, -0.05) is 165 Å². The third kappa shape index (κ3) is 39.5. The molecule has 53 heavy (non-hydrogen) atoms. The summed E-state index contributed by atoms with van der Waals surface area (Å²) in [5.41, 5.74) is 5.34. The Morgan fingerprint density at radius 1 is 0.566 bits per heavy atom. The van der Waals surface area contributed by atoms with Crippen molar-refractivity contribution in [3.63, 3.8) is 0 Å². The van der Waals surface area contributed by atoms with E-state index in [-0.39, 0.29) is 32.6 Å². The van der Waals surface area contributed by atoms with Crippen LogP contribution in [0.4, 0.5) is 0 Å². The molecule has 0 fully saturated rings. The third-order valence-corrected chi connectivity index (χ3v) is 9.68. The molecule has 0 amide bonds. The molecule has 0 aliphatic rings. The van der Waals surface area contributed by atoms with E-state index in [1.165, 1.54) is 77.0 Å². The second kappa shape index (κ2) is 39.7. The molecule has 3 N–H and O–H groups in total. The summed E-state index contributed by atoms with van der Waals surface area (Å²) in [4.78, 5) is 34.8. The number of carbonyl (C=O) groups is 2. The zero-order valence-electron chi connectivity index (χ0n) is 33.7. The van der Waals surface area contributed by atoms with Gasteiger partial charge in [0.2, 0.25) is 0 Å². The van der Waals surface area contributed by atoms with Gasteiger partial charge in [-0.3, -0.25) is 18.6 Å². The van der Waals surface area contributed by atoms with E-state index in [0.29, 0.717) is 12.8 Å². The number of unbranched alkanes of at least 4 members (excludes halogenated alkanes) is 18. The van der Waals surface area contributed by atoms with Crippen LogP contribution in [0.3, 0.4) is 0 Å². The van der Waals surface area contributed by atoms with Gasteiger partial charge in [-0.05, 0) is 51.4 Å². The van der Waals surface area contributed by atoms with Crippen LogP contribution in [0.25, 0.3) is 0 Å². The van der Waals surface area contributed by atoms with E-state index < -0.39 is 32.5 Å². The first-order valence-electron chi connectivity index (χ1n) is 21.1. The molecule has 10 heteroatoms. The molecule has 2 atom stereocenters. The first-order chi connectivity index (χ1) is 25.8. The monoisotopic (exact) mass is 768 g/mol. The summed E-state index contributed by atoms with van der Waals surface area (Å²) in [6.45, 7) is 3.63. The molecule has 0 spiro atoms. The maximum atomic E-state index is 12.6. The molecule has 0 bridgehead atoms. The average Bonchev–Trinajstić information content (AvgIpc) is 3.14. The van der Waals surface area contributed by atoms with Crippen LogP contribution in [0, 0.1) is 0 Å². The van der Waals surface area contributed by atoms with Crippen LogP contribution in [0.15, 0.2) is 48.6 Å². The normalized spacial score (nSPS) is 13.8.